The van der Waals surface area contributed by atoms with Gasteiger partial charge in [-0.1, -0.05) is 12.2 Å². The highest BCUT2D eigenvalue weighted by Gasteiger charge is 2.39. The van der Waals surface area contributed by atoms with Crippen LogP contribution in [0.2, 0.25) is 0 Å². The standard InChI is InChI=1S/C13H16N6/c14-13(5-6-13)18-11-10-12(16-7-15-11)19(8-17-10)9-3-1-2-4-9/h1,3,7-9H,2,4-6,14H2,(H,15,16,18). The van der Waals surface area contributed by atoms with E-state index >= 15 is 0 Å². The minimum absolute atomic E-state index is 0.293. The van der Waals surface area contributed by atoms with Crippen LogP contribution in [-0.4, -0.2) is 25.2 Å². The molecule has 0 amide bonds. The highest BCUT2D eigenvalue weighted by atomic mass is 15.2. The Kier molecular flexibility index (Phi) is 2.17. The van der Waals surface area contributed by atoms with Crippen LogP contribution in [0, 0.1) is 0 Å². The molecule has 1 fully saturated rings. The van der Waals surface area contributed by atoms with Crippen LogP contribution in [0.5, 0.6) is 0 Å². The summed E-state index contributed by atoms with van der Waals surface area (Å²) in [5.74, 6) is 0.741. The first-order valence-corrected chi connectivity index (χ1v) is 6.66. The Labute approximate surface area is 110 Å². The van der Waals surface area contributed by atoms with Gasteiger partial charge in [0.05, 0.1) is 18.0 Å². The summed E-state index contributed by atoms with van der Waals surface area (Å²) in [6.45, 7) is 0. The van der Waals surface area contributed by atoms with E-state index in [2.05, 4.69) is 37.0 Å². The SMILES string of the molecule is NC1(Nc2ncnc3c2ncn3C2C=CCC2)CC1. The molecule has 0 aliphatic heterocycles. The molecule has 1 saturated carbocycles. The smallest absolute Gasteiger partial charge is 0.165 e. The van der Waals surface area contributed by atoms with Crippen LogP contribution in [0.15, 0.2) is 24.8 Å². The van der Waals surface area contributed by atoms with Gasteiger partial charge in [0.1, 0.15) is 11.8 Å². The van der Waals surface area contributed by atoms with Crippen molar-refractivity contribution >= 4 is 17.0 Å². The third-order valence-electron chi connectivity index (χ3n) is 3.86. The van der Waals surface area contributed by atoms with Crippen molar-refractivity contribution in [3.63, 3.8) is 0 Å². The molecular formula is C13H16N6. The van der Waals surface area contributed by atoms with Gasteiger partial charge in [-0.15, -0.1) is 0 Å². The second-order valence-corrected chi connectivity index (χ2v) is 5.40. The van der Waals surface area contributed by atoms with Gasteiger partial charge in [-0.05, 0) is 25.7 Å². The van der Waals surface area contributed by atoms with E-state index in [1.54, 1.807) is 6.33 Å². The van der Waals surface area contributed by atoms with Gasteiger partial charge in [0.15, 0.2) is 11.5 Å². The van der Waals surface area contributed by atoms with Gasteiger partial charge in [0.2, 0.25) is 0 Å². The van der Waals surface area contributed by atoms with Crippen molar-refractivity contribution < 1.29 is 0 Å². The number of nitrogens with two attached hydrogens (primary N) is 1. The van der Waals surface area contributed by atoms with E-state index in [9.17, 15) is 0 Å². The number of nitrogens with one attached hydrogen (secondary N) is 1. The minimum atomic E-state index is -0.293. The lowest BCUT2D eigenvalue weighted by Gasteiger charge is -2.13. The average Bonchev–Trinajstić information content (AvgIpc) is 2.88. The Morgan fingerprint density at radius 3 is 2.95 bits per heavy atom. The van der Waals surface area contributed by atoms with Crippen molar-refractivity contribution in [1.82, 2.24) is 19.5 Å². The molecular weight excluding hydrogens is 240 g/mol. The quantitative estimate of drug-likeness (QED) is 0.643. The summed E-state index contributed by atoms with van der Waals surface area (Å²) in [5, 5.41) is 3.27. The third-order valence-corrected chi connectivity index (χ3v) is 3.86. The Morgan fingerprint density at radius 2 is 2.21 bits per heavy atom. The molecule has 98 valence electrons. The van der Waals surface area contributed by atoms with Gasteiger partial charge in [-0.3, -0.25) is 0 Å². The third kappa shape index (κ3) is 1.79. The molecule has 4 rings (SSSR count). The molecule has 2 aliphatic carbocycles. The lowest BCUT2D eigenvalue weighted by molar-refractivity contribution is 0.601. The van der Waals surface area contributed by atoms with Gasteiger partial charge in [0, 0.05) is 0 Å². The predicted molar refractivity (Wildman–Crippen MR) is 72.5 cm³/mol. The molecule has 0 spiro atoms. The number of nitrogens with zero attached hydrogens (tertiary/aromatic N) is 4. The second kappa shape index (κ2) is 3.77. The van der Waals surface area contributed by atoms with E-state index in [1.807, 2.05) is 6.33 Å². The zero-order chi connectivity index (χ0) is 12.9. The summed E-state index contributed by atoms with van der Waals surface area (Å²) in [5.41, 5.74) is 7.47. The van der Waals surface area contributed by atoms with E-state index < -0.39 is 0 Å². The maximum Gasteiger partial charge on any atom is 0.165 e. The molecule has 3 N–H and O–H groups in total. The van der Waals surface area contributed by atoms with Gasteiger partial charge in [0.25, 0.3) is 0 Å². The van der Waals surface area contributed by atoms with Gasteiger partial charge in [-0.2, -0.15) is 0 Å². The monoisotopic (exact) mass is 256 g/mol. The fourth-order valence-corrected chi connectivity index (χ4v) is 2.53. The largest absolute Gasteiger partial charge is 0.350 e. The molecule has 2 aromatic heterocycles. The van der Waals surface area contributed by atoms with Gasteiger partial charge < -0.3 is 15.6 Å². The fourth-order valence-electron chi connectivity index (χ4n) is 2.53. The maximum absolute atomic E-state index is 6.08. The van der Waals surface area contributed by atoms with E-state index in [0.29, 0.717) is 6.04 Å². The number of hydrogen-bond acceptors (Lipinski definition) is 5. The normalized spacial score (nSPS) is 23.9. The molecule has 0 aromatic carbocycles. The number of aromatic nitrogens is 4. The molecule has 0 bridgehead atoms. The molecule has 2 aromatic rings. The summed E-state index contributed by atoms with van der Waals surface area (Å²) in [6, 6.07) is 0.362. The number of imidazole rings is 1. The van der Waals surface area contributed by atoms with Crippen LogP contribution in [0.1, 0.15) is 31.7 Å². The molecule has 2 heterocycles. The van der Waals surface area contributed by atoms with E-state index in [-0.39, 0.29) is 5.66 Å². The van der Waals surface area contributed by atoms with Crippen molar-refractivity contribution in [3.05, 3.63) is 24.8 Å². The first-order valence-electron chi connectivity index (χ1n) is 6.66. The Balaban J connectivity index is 1.77. The van der Waals surface area contributed by atoms with Crippen LogP contribution in [-0.2, 0) is 0 Å². The number of fused-ring (bicyclic) bond motifs is 1. The fraction of sp³-hybridized carbons (Fsp3) is 0.462. The summed E-state index contributed by atoms with van der Waals surface area (Å²) in [4.78, 5) is 13.1. The van der Waals surface area contributed by atoms with E-state index in [1.165, 1.54) is 0 Å². The second-order valence-electron chi connectivity index (χ2n) is 5.40. The topological polar surface area (TPSA) is 81.7 Å². The predicted octanol–water partition coefficient (Wildman–Crippen LogP) is 1.58. The van der Waals surface area contributed by atoms with Crippen LogP contribution < -0.4 is 11.1 Å². The molecule has 0 saturated heterocycles. The summed E-state index contributed by atoms with van der Waals surface area (Å²) >= 11 is 0. The number of anilines is 1. The molecule has 2 aliphatic rings. The first-order chi connectivity index (χ1) is 9.25. The lowest BCUT2D eigenvalue weighted by atomic mass is 10.2. The zero-order valence-electron chi connectivity index (χ0n) is 10.6. The summed E-state index contributed by atoms with van der Waals surface area (Å²) in [6.07, 6.45) is 12.0. The first kappa shape index (κ1) is 10.9. The van der Waals surface area contributed by atoms with Crippen molar-refractivity contribution in [2.45, 2.75) is 37.4 Å². The van der Waals surface area contributed by atoms with E-state index in [0.717, 1.165) is 42.7 Å². The van der Waals surface area contributed by atoms with Gasteiger partial charge >= 0.3 is 0 Å². The lowest BCUT2D eigenvalue weighted by Crippen LogP contribution is -2.32. The van der Waals surface area contributed by atoms with Crippen molar-refractivity contribution in [2.75, 3.05) is 5.32 Å². The van der Waals surface area contributed by atoms with E-state index in [4.69, 9.17) is 5.73 Å². The van der Waals surface area contributed by atoms with Crippen molar-refractivity contribution in [1.29, 1.82) is 0 Å². The highest BCUT2D eigenvalue weighted by Crippen LogP contribution is 2.34. The molecule has 6 nitrogen and oxygen atoms in total. The Hall–Kier alpha value is -1.95. The average molecular weight is 256 g/mol. The molecule has 0 radical (unpaired) electrons. The number of rotatable bonds is 3. The van der Waals surface area contributed by atoms with Crippen molar-refractivity contribution in [3.8, 4) is 0 Å². The highest BCUT2D eigenvalue weighted by molar-refractivity contribution is 5.83. The number of hydrogen-bond donors (Lipinski definition) is 2. The molecule has 1 unspecified atom stereocenters. The number of allylic oxidation sites excluding steroid dienone is 2. The zero-order valence-corrected chi connectivity index (χ0v) is 10.6. The summed E-state index contributed by atoms with van der Waals surface area (Å²) < 4.78 is 2.11. The van der Waals surface area contributed by atoms with Crippen LogP contribution in [0.25, 0.3) is 11.2 Å². The van der Waals surface area contributed by atoms with Crippen LogP contribution >= 0.6 is 0 Å². The van der Waals surface area contributed by atoms with Crippen LogP contribution in [0.3, 0.4) is 0 Å². The summed E-state index contributed by atoms with van der Waals surface area (Å²) in [7, 11) is 0. The van der Waals surface area contributed by atoms with Crippen LogP contribution in [0.4, 0.5) is 5.82 Å². The van der Waals surface area contributed by atoms with Crippen molar-refractivity contribution in [2.24, 2.45) is 5.73 Å². The molecule has 6 heteroatoms. The Bertz CT molecular complexity index is 654. The maximum atomic E-state index is 6.08. The Morgan fingerprint density at radius 1 is 1.32 bits per heavy atom. The minimum Gasteiger partial charge on any atom is -0.350 e. The molecule has 19 heavy (non-hydrogen) atoms. The van der Waals surface area contributed by atoms with Gasteiger partial charge in [-0.25, -0.2) is 15.0 Å². The molecule has 1 atom stereocenters.